The molecule has 1 heterocycles. The van der Waals surface area contributed by atoms with Crippen LogP contribution in [-0.4, -0.2) is 22.6 Å². The summed E-state index contributed by atoms with van der Waals surface area (Å²) >= 11 is 5.85. The lowest BCUT2D eigenvalue weighted by Crippen LogP contribution is -2.19. The van der Waals surface area contributed by atoms with Crippen molar-refractivity contribution >= 4 is 34.8 Å². The summed E-state index contributed by atoms with van der Waals surface area (Å²) < 4.78 is 0. The Bertz CT molecular complexity index is 851. The minimum absolute atomic E-state index is 0.148. The summed E-state index contributed by atoms with van der Waals surface area (Å²) in [4.78, 5) is 14.2. The van der Waals surface area contributed by atoms with E-state index in [2.05, 4.69) is 22.4 Å². The number of amides is 1. The van der Waals surface area contributed by atoms with Crippen molar-refractivity contribution in [1.29, 1.82) is 0 Å². The molecular weight excluding hydrogens is 348 g/mol. The molecule has 0 spiro atoms. The van der Waals surface area contributed by atoms with Crippen LogP contribution in [0.15, 0.2) is 66.7 Å². The third-order valence-corrected chi connectivity index (χ3v) is 4.11. The van der Waals surface area contributed by atoms with Crippen LogP contribution in [0, 0.1) is 0 Å². The number of nitrogens with zero attached hydrogens (tertiary/aromatic N) is 3. The Morgan fingerprint density at radius 1 is 1.00 bits per heavy atom. The zero-order valence-corrected chi connectivity index (χ0v) is 15.1. The SMILES string of the molecule is CCN(c1ccccc1)c1ccc(NC(=O)Cc2ccc(Cl)cc2)nn1. The minimum Gasteiger partial charge on any atom is -0.325 e. The van der Waals surface area contributed by atoms with E-state index in [4.69, 9.17) is 11.6 Å². The van der Waals surface area contributed by atoms with Crippen molar-refractivity contribution in [1.82, 2.24) is 10.2 Å². The first-order chi connectivity index (χ1) is 12.7. The molecule has 1 aromatic heterocycles. The molecule has 1 N–H and O–H groups in total. The maximum Gasteiger partial charge on any atom is 0.229 e. The summed E-state index contributed by atoms with van der Waals surface area (Å²) in [5.74, 6) is 1.01. The number of carbonyl (C=O) groups excluding carboxylic acids is 1. The molecule has 0 bridgehead atoms. The van der Waals surface area contributed by atoms with Crippen molar-refractivity contribution in [3.63, 3.8) is 0 Å². The fourth-order valence-electron chi connectivity index (χ4n) is 2.60. The number of benzene rings is 2. The Kier molecular flexibility index (Phi) is 5.81. The van der Waals surface area contributed by atoms with E-state index < -0.39 is 0 Å². The first kappa shape index (κ1) is 17.9. The van der Waals surface area contributed by atoms with Crippen LogP contribution in [0.1, 0.15) is 12.5 Å². The second kappa shape index (κ2) is 8.45. The molecule has 26 heavy (non-hydrogen) atoms. The van der Waals surface area contributed by atoms with E-state index in [9.17, 15) is 4.79 Å². The van der Waals surface area contributed by atoms with E-state index in [0.717, 1.165) is 23.6 Å². The molecular formula is C20H19ClN4O. The lowest BCUT2D eigenvalue weighted by Gasteiger charge is -2.21. The van der Waals surface area contributed by atoms with Gasteiger partial charge in [0.2, 0.25) is 5.91 Å². The van der Waals surface area contributed by atoms with Gasteiger partial charge < -0.3 is 10.2 Å². The molecule has 6 heteroatoms. The number of anilines is 3. The number of para-hydroxylation sites is 1. The van der Waals surface area contributed by atoms with Gasteiger partial charge in [0.15, 0.2) is 11.6 Å². The number of hydrogen-bond acceptors (Lipinski definition) is 4. The Balaban J connectivity index is 1.65. The van der Waals surface area contributed by atoms with Gasteiger partial charge in [-0.2, -0.15) is 0 Å². The van der Waals surface area contributed by atoms with Crippen molar-refractivity contribution in [2.45, 2.75) is 13.3 Å². The zero-order chi connectivity index (χ0) is 18.4. The van der Waals surface area contributed by atoms with E-state index in [-0.39, 0.29) is 12.3 Å². The van der Waals surface area contributed by atoms with Gasteiger partial charge in [0, 0.05) is 17.3 Å². The fraction of sp³-hybridized carbons (Fsp3) is 0.150. The van der Waals surface area contributed by atoms with Crippen LogP contribution >= 0.6 is 11.6 Å². The fourth-order valence-corrected chi connectivity index (χ4v) is 2.72. The molecule has 0 radical (unpaired) electrons. The van der Waals surface area contributed by atoms with Gasteiger partial charge in [0.25, 0.3) is 0 Å². The minimum atomic E-state index is -0.148. The monoisotopic (exact) mass is 366 g/mol. The van der Waals surface area contributed by atoms with Gasteiger partial charge in [-0.1, -0.05) is 41.9 Å². The summed E-state index contributed by atoms with van der Waals surface area (Å²) in [7, 11) is 0. The van der Waals surface area contributed by atoms with Gasteiger partial charge in [-0.3, -0.25) is 4.79 Å². The summed E-state index contributed by atoms with van der Waals surface area (Å²) in [6.45, 7) is 2.82. The molecule has 0 aliphatic carbocycles. The molecule has 0 saturated carbocycles. The average Bonchev–Trinajstić information content (AvgIpc) is 2.66. The molecule has 1 amide bonds. The van der Waals surface area contributed by atoms with Gasteiger partial charge >= 0.3 is 0 Å². The molecule has 0 saturated heterocycles. The first-order valence-electron chi connectivity index (χ1n) is 8.36. The highest BCUT2D eigenvalue weighted by atomic mass is 35.5. The van der Waals surface area contributed by atoms with Crippen molar-refractivity contribution in [3.05, 3.63) is 77.3 Å². The van der Waals surface area contributed by atoms with Gasteiger partial charge in [0.05, 0.1) is 6.42 Å². The zero-order valence-electron chi connectivity index (χ0n) is 14.4. The van der Waals surface area contributed by atoms with Crippen LogP contribution in [0.25, 0.3) is 0 Å². The molecule has 3 aromatic rings. The summed E-state index contributed by atoms with van der Waals surface area (Å²) in [6, 6.07) is 20.8. The standard InChI is InChI=1S/C20H19ClN4O/c1-2-25(17-6-4-3-5-7-17)19-13-12-18(23-24-19)22-20(26)14-15-8-10-16(21)11-9-15/h3-13H,2,14H2,1H3,(H,22,23,26). The predicted octanol–water partition coefficient (Wildman–Crippen LogP) is 4.47. The third kappa shape index (κ3) is 4.58. The van der Waals surface area contributed by atoms with Crippen LogP contribution in [0.2, 0.25) is 5.02 Å². The highest BCUT2D eigenvalue weighted by molar-refractivity contribution is 6.30. The number of hydrogen-bond donors (Lipinski definition) is 1. The molecule has 132 valence electrons. The lowest BCUT2D eigenvalue weighted by molar-refractivity contribution is -0.115. The second-order valence-corrected chi connectivity index (χ2v) is 6.14. The Hall–Kier alpha value is -2.92. The maximum absolute atomic E-state index is 12.1. The first-order valence-corrected chi connectivity index (χ1v) is 8.74. The number of carbonyl (C=O) groups is 1. The predicted molar refractivity (Wildman–Crippen MR) is 105 cm³/mol. The Morgan fingerprint density at radius 3 is 2.35 bits per heavy atom. The maximum atomic E-state index is 12.1. The van der Waals surface area contributed by atoms with Crippen molar-refractivity contribution in [2.75, 3.05) is 16.8 Å². The van der Waals surface area contributed by atoms with Crippen molar-refractivity contribution < 1.29 is 4.79 Å². The van der Waals surface area contributed by atoms with E-state index >= 15 is 0 Å². The third-order valence-electron chi connectivity index (χ3n) is 3.86. The highest BCUT2D eigenvalue weighted by Crippen LogP contribution is 2.22. The molecule has 2 aromatic carbocycles. The van der Waals surface area contributed by atoms with Gasteiger partial charge in [-0.15, -0.1) is 10.2 Å². The van der Waals surface area contributed by atoms with E-state index in [1.165, 1.54) is 0 Å². The average molecular weight is 367 g/mol. The normalized spacial score (nSPS) is 10.4. The van der Waals surface area contributed by atoms with Gasteiger partial charge in [-0.25, -0.2) is 0 Å². The van der Waals surface area contributed by atoms with Crippen LogP contribution in [0.4, 0.5) is 17.3 Å². The summed E-state index contributed by atoms with van der Waals surface area (Å²) in [5, 5.41) is 11.8. The smallest absolute Gasteiger partial charge is 0.229 e. The topological polar surface area (TPSA) is 58.1 Å². The molecule has 0 atom stereocenters. The Morgan fingerprint density at radius 2 is 1.73 bits per heavy atom. The largest absolute Gasteiger partial charge is 0.325 e. The summed E-state index contributed by atoms with van der Waals surface area (Å²) in [6.07, 6.45) is 0.256. The van der Waals surface area contributed by atoms with Crippen molar-refractivity contribution in [2.24, 2.45) is 0 Å². The van der Waals surface area contributed by atoms with E-state index in [1.54, 1.807) is 18.2 Å². The molecule has 0 unspecified atom stereocenters. The number of nitrogens with one attached hydrogen (secondary N) is 1. The molecule has 0 aliphatic heterocycles. The molecule has 0 aliphatic rings. The van der Waals surface area contributed by atoms with Gasteiger partial charge in [0.1, 0.15) is 0 Å². The summed E-state index contributed by atoms with van der Waals surface area (Å²) in [5.41, 5.74) is 1.93. The molecule has 5 nitrogen and oxygen atoms in total. The lowest BCUT2D eigenvalue weighted by atomic mass is 10.1. The Labute approximate surface area is 157 Å². The second-order valence-electron chi connectivity index (χ2n) is 5.71. The van der Waals surface area contributed by atoms with E-state index in [0.29, 0.717) is 10.8 Å². The quantitative estimate of drug-likeness (QED) is 0.699. The van der Waals surface area contributed by atoms with Crippen LogP contribution in [0.5, 0.6) is 0 Å². The van der Waals surface area contributed by atoms with Crippen molar-refractivity contribution in [3.8, 4) is 0 Å². The number of aromatic nitrogens is 2. The van der Waals surface area contributed by atoms with Crippen LogP contribution in [-0.2, 0) is 11.2 Å². The molecule has 0 fully saturated rings. The number of halogens is 1. The molecule has 3 rings (SSSR count). The van der Waals surface area contributed by atoms with Gasteiger partial charge in [-0.05, 0) is 48.9 Å². The van der Waals surface area contributed by atoms with E-state index in [1.807, 2.05) is 53.4 Å². The number of rotatable bonds is 6. The van der Waals surface area contributed by atoms with Crippen LogP contribution in [0.3, 0.4) is 0 Å². The highest BCUT2D eigenvalue weighted by Gasteiger charge is 2.10. The van der Waals surface area contributed by atoms with Crippen LogP contribution < -0.4 is 10.2 Å².